The number of aromatic nitrogens is 1. The summed E-state index contributed by atoms with van der Waals surface area (Å²) in [5.74, 6) is 0.963. The summed E-state index contributed by atoms with van der Waals surface area (Å²) in [7, 11) is 4.20. The Morgan fingerprint density at radius 1 is 0.960 bits per heavy atom. The fourth-order valence-corrected chi connectivity index (χ4v) is 2.79. The molecule has 0 spiro atoms. The molecule has 0 bridgehead atoms. The van der Waals surface area contributed by atoms with Gasteiger partial charge < -0.3 is 10.2 Å². The average molecular weight is 331 g/mol. The number of hydrogen-bond donors (Lipinski definition) is 1. The molecule has 1 aromatic heterocycles. The molecule has 2 aromatic carbocycles. The number of nitrogens with one attached hydrogen (secondary N) is 1. The van der Waals surface area contributed by atoms with Crippen molar-refractivity contribution in [1.82, 2.24) is 9.88 Å². The van der Waals surface area contributed by atoms with E-state index >= 15 is 0 Å². The van der Waals surface area contributed by atoms with Gasteiger partial charge in [0.1, 0.15) is 5.82 Å². The number of hydrogen-bond acceptors (Lipinski definition) is 3. The van der Waals surface area contributed by atoms with Crippen LogP contribution in [0.25, 0.3) is 22.9 Å². The van der Waals surface area contributed by atoms with Crippen LogP contribution in [0, 0.1) is 0 Å². The van der Waals surface area contributed by atoms with Gasteiger partial charge in [-0.05, 0) is 50.2 Å². The number of benzene rings is 2. The smallest absolute Gasteiger partial charge is 0.134 e. The van der Waals surface area contributed by atoms with Crippen molar-refractivity contribution < 1.29 is 0 Å². The Kier molecular flexibility index (Phi) is 5.81. The van der Waals surface area contributed by atoms with Gasteiger partial charge in [0.2, 0.25) is 0 Å². The molecule has 0 fully saturated rings. The van der Waals surface area contributed by atoms with Crippen LogP contribution in [0.3, 0.4) is 0 Å². The Balaban J connectivity index is 1.83. The maximum Gasteiger partial charge on any atom is 0.134 e. The van der Waals surface area contributed by atoms with E-state index in [-0.39, 0.29) is 0 Å². The van der Waals surface area contributed by atoms with Gasteiger partial charge in [-0.3, -0.25) is 0 Å². The number of fused-ring (bicyclic) bond motifs is 1. The van der Waals surface area contributed by atoms with Crippen LogP contribution in [0.5, 0.6) is 0 Å². The van der Waals surface area contributed by atoms with Crippen LogP contribution in [-0.2, 0) is 0 Å². The first kappa shape index (κ1) is 17.2. The molecule has 0 aliphatic rings. The fourth-order valence-electron chi connectivity index (χ4n) is 2.79. The molecule has 3 aromatic rings. The first-order chi connectivity index (χ1) is 12.2. The highest BCUT2D eigenvalue weighted by atomic mass is 15.1. The van der Waals surface area contributed by atoms with Crippen molar-refractivity contribution in [3.63, 3.8) is 0 Å². The van der Waals surface area contributed by atoms with Crippen molar-refractivity contribution >= 4 is 28.7 Å². The lowest BCUT2D eigenvalue weighted by Crippen LogP contribution is -2.16. The molecule has 0 saturated heterocycles. The molecule has 0 aliphatic carbocycles. The number of anilines is 1. The molecule has 128 valence electrons. The van der Waals surface area contributed by atoms with Crippen LogP contribution in [0.2, 0.25) is 0 Å². The third-order valence-corrected chi connectivity index (χ3v) is 4.08. The van der Waals surface area contributed by atoms with E-state index in [0.29, 0.717) is 0 Å². The minimum atomic E-state index is 0.918. The molecule has 3 nitrogen and oxygen atoms in total. The third kappa shape index (κ3) is 4.91. The van der Waals surface area contributed by atoms with Crippen molar-refractivity contribution in [3.8, 4) is 0 Å². The molecule has 3 heteroatoms. The molecule has 3 rings (SSSR count). The van der Waals surface area contributed by atoms with Gasteiger partial charge >= 0.3 is 0 Å². The van der Waals surface area contributed by atoms with Crippen molar-refractivity contribution in [1.29, 1.82) is 0 Å². The Labute approximate surface area is 150 Å². The summed E-state index contributed by atoms with van der Waals surface area (Å²) in [6, 6.07) is 20.9. The first-order valence-electron chi connectivity index (χ1n) is 8.74. The Morgan fingerprint density at radius 3 is 2.52 bits per heavy atom. The molecule has 1 N–H and O–H groups in total. The van der Waals surface area contributed by atoms with E-state index in [1.807, 2.05) is 18.2 Å². The summed E-state index contributed by atoms with van der Waals surface area (Å²) < 4.78 is 0. The highest BCUT2D eigenvalue weighted by Crippen LogP contribution is 2.23. The first-order valence-corrected chi connectivity index (χ1v) is 8.74. The second-order valence-electron chi connectivity index (χ2n) is 6.44. The van der Waals surface area contributed by atoms with Gasteiger partial charge in [0, 0.05) is 11.9 Å². The zero-order chi connectivity index (χ0) is 17.5. The molecular formula is C22H25N3. The molecule has 0 unspecified atom stereocenters. The van der Waals surface area contributed by atoms with E-state index in [0.717, 1.165) is 31.0 Å². The molecule has 0 radical (unpaired) electrons. The van der Waals surface area contributed by atoms with Crippen LogP contribution in [-0.4, -0.2) is 37.1 Å². The third-order valence-electron chi connectivity index (χ3n) is 4.08. The van der Waals surface area contributed by atoms with Crippen LogP contribution >= 0.6 is 0 Å². The maximum absolute atomic E-state index is 4.82. The predicted octanol–water partition coefficient (Wildman–Crippen LogP) is 4.77. The summed E-state index contributed by atoms with van der Waals surface area (Å²) in [5.41, 5.74) is 2.15. The molecule has 0 saturated carbocycles. The second-order valence-corrected chi connectivity index (χ2v) is 6.44. The molecule has 0 atom stereocenters. The van der Waals surface area contributed by atoms with Crippen LogP contribution in [0.1, 0.15) is 17.7 Å². The van der Waals surface area contributed by atoms with Crippen molar-refractivity contribution in [2.75, 3.05) is 32.5 Å². The molecule has 0 amide bonds. The van der Waals surface area contributed by atoms with E-state index in [1.165, 1.54) is 16.3 Å². The van der Waals surface area contributed by atoms with Gasteiger partial charge in [0.15, 0.2) is 0 Å². The van der Waals surface area contributed by atoms with Gasteiger partial charge in [0.05, 0.1) is 5.69 Å². The average Bonchev–Trinajstić information content (AvgIpc) is 2.64. The molecule has 0 aliphatic heterocycles. The van der Waals surface area contributed by atoms with Crippen LogP contribution in [0.4, 0.5) is 5.82 Å². The summed E-state index contributed by atoms with van der Waals surface area (Å²) >= 11 is 0. The summed E-state index contributed by atoms with van der Waals surface area (Å²) in [6.45, 7) is 1.99. The Hall–Kier alpha value is -2.65. The summed E-state index contributed by atoms with van der Waals surface area (Å²) in [4.78, 5) is 7.02. The van der Waals surface area contributed by atoms with Crippen molar-refractivity contribution in [2.45, 2.75) is 6.42 Å². The minimum absolute atomic E-state index is 0.918. The topological polar surface area (TPSA) is 28.2 Å². The highest BCUT2D eigenvalue weighted by Gasteiger charge is 2.04. The largest absolute Gasteiger partial charge is 0.369 e. The summed E-state index contributed by atoms with van der Waals surface area (Å²) in [5, 5.41) is 5.89. The summed E-state index contributed by atoms with van der Waals surface area (Å²) in [6.07, 6.45) is 5.27. The normalized spacial score (nSPS) is 11.5. The van der Waals surface area contributed by atoms with E-state index in [1.54, 1.807) is 0 Å². The van der Waals surface area contributed by atoms with Crippen LogP contribution < -0.4 is 5.32 Å². The lowest BCUT2D eigenvalue weighted by Gasteiger charge is -2.12. The molecule has 25 heavy (non-hydrogen) atoms. The lowest BCUT2D eigenvalue weighted by molar-refractivity contribution is 0.405. The number of nitrogens with zero attached hydrogens (tertiary/aromatic N) is 2. The van der Waals surface area contributed by atoms with Gasteiger partial charge in [0.25, 0.3) is 0 Å². The SMILES string of the molecule is CN(C)CCCNc1nc(C=Cc2ccccc2)cc2ccccc12. The highest BCUT2D eigenvalue weighted by molar-refractivity contribution is 5.93. The van der Waals surface area contributed by atoms with E-state index in [4.69, 9.17) is 4.98 Å². The monoisotopic (exact) mass is 331 g/mol. The predicted molar refractivity (Wildman–Crippen MR) is 109 cm³/mol. The zero-order valence-electron chi connectivity index (χ0n) is 14.9. The Bertz CT molecular complexity index is 838. The molecular weight excluding hydrogens is 306 g/mol. The van der Waals surface area contributed by atoms with Gasteiger partial charge in [-0.1, -0.05) is 60.7 Å². The molecule has 1 heterocycles. The number of rotatable bonds is 7. The zero-order valence-corrected chi connectivity index (χ0v) is 14.9. The van der Waals surface area contributed by atoms with Crippen LogP contribution in [0.15, 0.2) is 60.7 Å². The number of pyridine rings is 1. The second kappa shape index (κ2) is 8.45. The van der Waals surface area contributed by atoms with E-state index in [9.17, 15) is 0 Å². The lowest BCUT2D eigenvalue weighted by atomic mass is 10.1. The Morgan fingerprint density at radius 2 is 1.72 bits per heavy atom. The standard InChI is InChI=1S/C22H25N3/c1-25(2)16-8-15-23-22-21-12-7-6-11-19(21)17-20(24-22)14-13-18-9-4-3-5-10-18/h3-7,9-14,17H,8,15-16H2,1-2H3,(H,23,24). The quantitative estimate of drug-likeness (QED) is 0.632. The van der Waals surface area contributed by atoms with Gasteiger partial charge in [-0.15, -0.1) is 0 Å². The van der Waals surface area contributed by atoms with Crippen molar-refractivity contribution in [2.24, 2.45) is 0 Å². The van der Waals surface area contributed by atoms with Gasteiger partial charge in [-0.25, -0.2) is 4.98 Å². The van der Waals surface area contributed by atoms with E-state index < -0.39 is 0 Å². The van der Waals surface area contributed by atoms with Gasteiger partial charge in [-0.2, -0.15) is 0 Å². The maximum atomic E-state index is 4.82. The van der Waals surface area contributed by atoms with Crippen molar-refractivity contribution in [3.05, 3.63) is 71.9 Å². The minimum Gasteiger partial charge on any atom is -0.369 e. The van der Waals surface area contributed by atoms with E-state index in [2.05, 4.69) is 78.9 Å². The fraction of sp³-hybridized carbons (Fsp3) is 0.227.